The van der Waals surface area contributed by atoms with Crippen molar-refractivity contribution in [1.82, 2.24) is 5.32 Å². The van der Waals surface area contributed by atoms with E-state index in [1.807, 2.05) is 11.3 Å². The standard InChI is InChI=1S/C18H20INS/c19-17-11-14-15(7-4-8-16(14)21-17)20-18(13-9-10-13)12-5-2-1-3-6-12/h1-3,5-6,11,13,15,18,20H,4,7-10H2. The number of fused-ring (bicyclic) bond motifs is 1. The number of hydrogen-bond donors (Lipinski definition) is 1. The molecule has 4 rings (SSSR count). The van der Waals surface area contributed by atoms with Crippen LogP contribution in [0.15, 0.2) is 36.4 Å². The summed E-state index contributed by atoms with van der Waals surface area (Å²) in [5.41, 5.74) is 3.05. The zero-order chi connectivity index (χ0) is 14.2. The van der Waals surface area contributed by atoms with Gasteiger partial charge in [-0.05, 0) is 77.8 Å². The zero-order valence-corrected chi connectivity index (χ0v) is 15.0. The van der Waals surface area contributed by atoms with Crippen LogP contribution in [0.2, 0.25) is 0 Å². The fraction of sp³-hybridized carbons (Fsp3) is 0.444. The molecule has 2 aliphatic rings. The van der Waals surface area contributed by atoms with Gasteiger partial charge in [-0.25, -0.2) is 0 Å². The first-order valence-corrected chi connectivity index (χ1v) is 9.80. The van der Waals surface area contributed by atoms with Crippen LogP contribution in [0.4, 0.5) is 0 Å². The second kappa shape index (κ2) is 6.01. The predicted octanol–water partition coefficient (Wildman–Crippen LogP) is 5.47. The molecule has 2 aromatic rings. The molecule has 1 aromatic carbocycles. The summed E-state index contributed by atoms with van der Waals surface area (Å²) >= 11 is 4.46. The van der Waals surface area contributed by atoms with E-state index in [2.05, 4.69) is 64.3 Å². The molecule has 0 radical (unpaired) electrons. The highest BCUT2D eigenvalue weighted by Crippen LogP contribution is 2.44. The van der Waals surface area contributed by atoms with Crippen LogP contribution >= 0.6 is 33.9 Å². The van der Waals surface area contributed by atoms with E-state index in [0.717, 1.165) is 5.92 Å². The molecular formula is C18H20INS. The second-order valence-corrected chi connectivity index (χ2v) is 9.30. The molecule has 2 unspecified atom stereocenters. The Bertz CT molecular complexity index is 617. The minimum absolute atomic E-state index is 0.541. The highest BCUT2D eigenvalue weighted by Gasteiger charge is 2.35. The lowest BCUT2D eigenvalue weighted by molar-refractivity contribution is 0.376. The van der Waals surface area contributed by atoms with Crippen molar-refractivity contribution in [2.45, 2.75) is 44.2 Å². The highest BCUT2D eigenvalue weighted by molar-refractivity contribution is 14.1. The molecule has 0 saturated heterocycles. The average molecular weight is 409 g/mol. The van der Waals surface area contributed by atoms with Gasteiger partial charge in [-0.3, -0.25) is 0 Å². The van der Waals surface area contributed by atoms with Gasteiger partial charge < -0.3 is 5.32 Å². The van der Waals surface area contributed by atoms with Crippen LogP contribution in [-0.4, -0.2) is 0 Å². The van der Waals surface area contributed by atoms with E-state index < -0.39 is 0 Å². The first-order valence-electron chi connectivity index (χ1n) is 7.90. The Morgan fingerprint density at radius 1 is 1.14 bits per heavy atom. The third kappa shape index (κ3) is 3.06. The molecule has 0 bridgehead atoms. The molecular weight excluding hydrogens is 389 g/mol. The number of halogens is 1. The minimum atomic E-state index is 0.541. The van der Waals surface area contributed by atoms with Crippen molar-refractivity contribution < 1.29 is 0 Å². The molecule has 2 atom stereocenters. The number of nitrogens with one attached hydrogen (secondary N) is 1. The smallest absolute Gasteiger partial charge is 0.0659 e. The van der Waals surface area contributed by atoms with Crippen LogP contribution in [0, 0.1) is 8.80 Å². The first kappa shape index (κ1) is 14.2. The normalized spacial score (nSPS) is 22.8. The summed E-state index contributed by atoms with van der Waals surface area (Å²) in [6, 6.07) is 14.5. The van der Waals surface area contributed by atoms with Crippen LogP contribution in [0.25, 0.3) is 0 Å². The van der Waals surface area contributed by atoms with E-state index in [0.29, 0.717) is 12.1 Å². The number of thiophene rings is 1. The third-order valence-electron chi connectivity index (χ3n) is 4.72. The van der Waals surface area contributed by atoms with Crippen LogP contribution in [0.1, 0.15) is 53.8 Å². The molecule has 0 spiro atoms. The predicted molar refractivity (Wildman–Crippen MR) is 97.8 cm³/mol. The molecule has 1 saturated carbocycles. The van der Waals surface area contributed by atoms with Gasteiger partial charge in [0.2, 0.25) is 0 Å². The van der Waals surface area contributed by atoms with E-state index >= 15 is 0 Å². The van der Waals surface area contributed by atoms with E-state index in [1.165, 1.54) is 40.6 Å². The Kier molecular flexibility index (Phi) is 4.07. The topological polar surface area (TPSA) is 12.0 Å². The Balaban J connectivity index is 1.59. The fourth-order valence-corrected chi connectivity index (χ4v) is 5.63. The van der Waals surface area contributed by atoms with Crippen molar-refractivity contribution in [2.24, 2.45) is 5.92 Å². The quantitative estimate of drug-likeness (QED) is 0.661. The van der Waals surface area contributed by atoms with Crippen LogP contribution < -0.4 is 5.32 Å². The second-order valence-electron chi connectivity index (χ2n) is 6.27. The summed E-state index contributed by atoms with van der Waals surface area (Å²) in [7, 11) is 0. The molecule has 2 aliphatic carbocycles. The average Bonchev–Trinajstić information content (AvgIpc) is 3.26. The van der Waals surface area contributed by atoms with Gasteiger partial charge >= 0.3 is 0 Å². The molecule has 110 valence electrons. The zero-order valence-electron chi connectivity index (χ0n) is 12.0. The van der Waals surface area contributed by atoms with Gasteiger partial charge in [0, 0.05) is 17.0 Å². The molecule has 1 nitrogen and oxygen atoms in total. The van der Waals surface area contributed by atoms with Crippen molar-refractivity contribution in [2.75, 3.05) is 0 Å². The molecule has 21 heavy (non-hydrogen) atoms. The molecule has 0 aliphatic heterocycles. The molecule has 0 amide bonds. The van der Waals surface area contributed by atoms with Gasteiger partial charge in [0.05, 0.1) is 2.88 Å². The van der Waals surface area contributed by atoms with Gasteiger partial charge in [0.15, 0.2) is 0 Å². The lowest BCUT2D eigenvalue weighted by Gasteiger charge is -2.29. The third-order valence-corrected chi connectivity index (χ3v) is 6.69. The summed E-state index contributed by atoms with van der Waals surface area (Å²) in [5, 5.41) is 4.01. The number of aryl methyl sites for hydroxylation is 1. The maximum absolute atomic E-state index is 4.01. The summed E-state index contributed by atoms with van der Waals surface area (Å²) in [6.45, 7) is 0. The SMILES string of the molecule is Ic1cc2c(s1)CCCC2NC(c1ccccc1)C1CC1. The highest BCUT2D eigenvalue weighted by atomic mass is 127. The van der Waals surface area contributed by atoms with Crippen molar-refractivity contribution in [3.8, 4) is 0 Å². The van der Waals surface area contributed by atoms with Gasteiger partial charge in [-0.1, -0.05) is 30.3 Å². The van der Waals surface area contributed by atoms with E-state index in [9.17, 15) is 0 Å². The van der Waals surface area contributed by atoms with Crippen LogP contribution in [0.3, 0.4) is 0 Å². The van der Waals surface area contributed by atoms with Gasteiger partial charge in [-0.15, -0.1) is 11.3 Å². The van der Waals surface area contributed by atoms with Crippen molar-refractivity contribution in [3.63, 3.8) is 0 Å². The number of benzene rings is 1. The van der Waals surface area contributed by atoms with Gasteiger partial charge in [-0.2, -0.15) is 0 Å². The maximum atomic E-state index is 4.01. The first-order chi connectivity index (χ1) is 10.3. The van der Waals surface area contributed by atoms with Crippen LogP contribution in [0.5, 0.6) is 0 Å². The monoisotopic (exact) mass is 409 g/mol. The van der Waals surface area contributed by atoms with E-state index in [-0.39, 0.29) is 0 Å². The number of rotatable bonds is 4. The van der Waals surface area contributed by atoms with Crippen LogP contribution in [-0.2, 0) is 6.42 Å². The van der Waals surface area contributed by atoms with E-state index in [4.69, 9.17) is 0 Å². The Hall–Kier alpha value is -0.390. The minimum Gasteiger partial charge on any atom is -0.303 e. The molecule has 1 fully saturated rings. The van der Waals surface area contributed by atoms with Crippen molar-refractivity contribution in [3.05, 3.63) is 55.3 Å². The Labute approximate surface area is 144 Å². The molecule has 1 aromatic heterocycles. The number of hydrogen-bond acceptors (Lipinski definition) is 2. The fourth-order valence-electron chi connectivity index (χ4n) is 3.51. The van der Waals surface area contributed by atoms with E-state index in [1.54, 1.807) is 10.4 Å². The summed E-state index contributed by atoms with van der Waals surface area (Å²) < 4.78 is 1.44. The maximum Gasteiger partial charge on any atom is 0.0659 e. The van der Waals surface area contributed by atoms with Crippen molar-refractivity contribution in [1.29, 1.82) is 0 Å². The summed E-state index contributed by atoms with van der Waals surface area (Å²) in [6.07, 6.45) is 6.66. The van der Waals surface area contributed by atoms with Crippen molar-refractivity contribution >= 4 is 33.9 Å². The summed E-state index contributed by atoms with van der Waals surface area (Å²) in [5.74, 6) is 0.843. The van der Waals surface area contributed by atoms with Gasteiger partial charge in [0.1, 0.15) is 0 Å². The lowest BCUT2D eigenvalue weighted by atomic mass is 9.91. The summed E-state index contributed by atoms with van der Waals surface area (Å²) in [4.78, 5) is 1.62. The lowest BCUT2D eigenvalue weighted by Crippen LogP contribution is -2.29. The van der Waals surface area contributed by atoms with Gasteiger partial charge in [0.25, 0.3) is 0 Å². The molecule has 1 N–H and O–H groups in total. The largest absolute Gasteiger partial charge is 0.303 e. The molecule has 1 heterocycles. The Morgan fingerprint density at radius 3 is 2.71 bits per heavy atom. The Morgan fingerprint density at radius 2 is 1.95 bits per heavy atom. The molecule has 3 heteroatoms.